The zero-order valence-corrected chi connectivity index (χ0v) is 20.9. The van der Waals surface area contributed by atoms with Gasteiger partial charge in [-0.1, -0.05) is 0 Å². The highest BCUT2D eigenvalue weighted by Crippen LogP contribution is 2.27. The van der Waals surface area contributed by atoms with Crippen molar-refractivity contribution in [3.63, 3.8) is 0 Å². The van der Waals surface area contributed by atoms with Crippen LogP contribution in [0, 0.1) is 23.3 Å². The van der Waals surface area contributed by atoms with Crippen LogP contribution >= 0.6 is 0 Å². The van der Waals surface area contributed by atoms with Crippen LogP contribution in [0.5, 0.6) is 11.5 Å². The number of carbonyl (C=O) groups is 3. The van der Waals surface area contributed by atoms with E-state index >= 15 is 0 Å². The van der Waals surface area contributed by atoms with Crippen LogP contribution in [0.15, 0.2) is 36.5 Å². The Morgan fingerprint density at radius 2 is 1.82 bits per heavy atom. The zero-order valence-electron chi connectivity index (χ0n) is 20.9. The average Bonchev–Trinajstić information content (AvgIpc) is 3.42. The van der Waals surface area contributed by atoms with E-state index in [0.717, 1.165) is 0 Å². The third-order valence-corrected chi connectivity index (χ3v) is 6.25. The van der Waals surface area contributed by atoms with Crippen LogP contribution in [0.25, 0.3) is 10.9 Å². The number of carbonyl (C=O) groups excluding carboxylic acids is 3. The summed E-state index contributed by atoms with van der Waals surface area (Å²) in [5.41, 5.74) is 0.416. The number of halogens is 4. The molecule has 0 spiro atoms. The maximum Gasteiger partial charge on any atom is 0.475 e. The summed E-state index contributed by atoms with van der Waals surface area (Å²) in [4.78, 5) is 43.2. The number of esters is 1. The molecule has 1 aliphatic heterocycles. The van der Waals surface area contributed by atoms with Crippen molar-refractivity contribution < 1.29 is 51.5 Å². The fourth-order valence-corrected chi connectivity index (χ4v) is 4.30. The largest absolute Gasteiger partial charge is 0.482 e. The number of pyridine rings is 1. The summed E-state index contributed by atoms with van der Waals surface area (Å²) >= 11 is 0. The first-order valence-electron chi connectivity index (χ1n) is 12.0. The van der Waals surface area contributed by atoms with E-state index in [4.69, 9.17) is 4.74 Å². The Kier molecular flexibility index (Phi) is 8.54. The molecule has 2 amide bonds. The second-order valence-corrected chi connectivity index (χ2v) is 8.95. The first-order chi connectivity index (χ1) is 19.0. The second kappa shape index (κ2) is 11.9. The summed E-state index contributed by atoms with van der Waals surface area (Å²) in [6.07, 6.45) is 2.35. The summed E-state index contributed by atoms with van der Waals surface area (Å²) in [7, 11) is -1.69. The summed E-state index contributed by atoms with van der Waals surface area (Å²) in [6.45, 7) is 0.922. The highest BCUT2D eigenvalue weighted by Gasteiger charge is 2.38. The second-order valence-electron chi connectivity index (χ2n) is 8.95. The zero-order chi connectivity index (χ0) is 29.1. The lowest BCUT2D eigenvalue weighted by Crippen LogP contribution is -2.52. The van der Waals surface area contributed by atoms with Crippen LogP contribution in [0.3, 0.4) is 0 Å². The third kappa shape index (κ3) is 5.99. The molecule has 2 heterocycles. The van der Waals surface area contributed by atoms with E-state index in [1.54, 1.807) is 0 Å². The van der Waals surface area contributed by atoms with E-state index in [1.807, 2.05) is 0 Å². The molecule has 10 nitrogen and oxygen atoms in total. The van der Waals surface area contributed by atoms with Gasteiger partial charge in [0.05, 0.1) is 17.0 Å². The van der Waals surface area contributed by atoms with Gasteiger partial charge in [-0.2, -0.15) is 8.78 Å². The van der Waals surface area contributed by atoms with Crippen LogP contribution in [-0.2, 0) is 9.59 Å². The highest BCUT2D eigenvalue weighted by molar-refractivity contribution is 6.43. The van der Waals surface area contributed by atoms with Gasteiger partial charge in [-0.3, -0.25) is 14.6 Å². The third-order valence-electron chi connectivity index (χ3n) is 6.25. The molecule has 1 aromatic heterocycles. The Hall–Kier alpha value is -4.24. The van der Waals surface area contributed by atoms with Crippen molar-refractivity contribution in [2.45, 2.75) is 31.7 Å². The van der Waals surface area contributed by atoms with Gasteiger partial charge in [0.25, 0.3) is 5.91 Å². The molecule has 3 aromatic rings. The lowest BCUT2D eigenvalue weighted by molar-refractivity contribution is -0.137. The monoisotopic (exact) mass is 563 g/mol. The fraction of sp³-hybridized carbons (Fsp3) is 0.280. The first-order valence-corrected chi connectivity index (χ1v) is 12.0. The molecule has 0 saturated carbocycles. The number of aromatic nitrogens is 1. The van der Waals surface area contributed by atoms with E-state index in [2.05, 4.69) is 15.0 Å². The molecular weight excluding hydrogens is 541 g/mol. The van der Waals surface area contributed by atoms with E-state index in [1.165, 1.54) is 42.3 Å². The molecule has 2 aromatic carbocycles. The van der Waals surface area contributed by atoms with E-state index in [0.29, 0.717) is 24.8 Å². The van der Waals surface area contributed by atoms with Gasteiger partial charge in [0, 0.05) is 30.3 Å². The predicted octanol–water partition coefficient (Wildman–Crippen LogP) is 1.90. The number of ether oxygens (including phenoxy) is 2. The standard InChI is InChI=1S/C25H22BF4N3O7/c1-12(25(36)33-8-2-3-19(33)26(37)38)32-24(35)15-6-7-31-18-9-13(4-5-14(15)18)39-11-20(34)40-23-21(29)16(27)10-17(28)22(23)30/h4-7,9-10,12,19,37-38H,2-3,8,11H2,1H3,(H,32,35)/t12-,19+/m1/s1. The molecule has 40 heavy (non-hydrogen) atoms. The van der Waals surface area contributed by atoms with E-state index in [-0.39, 0.29) is 22.9 Å². The number of nitrogens with zero attached hydrogens (tertiary/aromatic N) is 2. The topological polar surface area (TPSA) is 138 Å². The lowest BCUT2D eigenvalue weighted by Gasteiger charge is -2.27. The number of likely N-dealkylation sites (tertiary alicyclic amines) is 1. The fourth-order valence-electron chi connectivity index (χ4n) is 4.30. The van der Waals surface area contributed by atoms with Gasteiger partial charge in [0.1, 0.15) is 11.8 Å². The summed E-state index contributed by atoms with van der Waals surface area (Å²) in [5.74, 6) is -11.9. The smallest absolute Gasteiger partial charge is 0.475 e. The number of hydrogen-bond donors (Lipinski definition) is 3. The van der Waals surface area contributed by atoms with E-state index in [9.17, 15) is 42.0 Å². The van der Waals surface area contributed by atoms with Crippen molar-refractivity contribution in [3.05, 3.63) is 65.4 Å². The van der Waals surface area contributed by atoms with Crippen LogP contribution in [0.2, 0.25) is 0 Å². The van der Waals surface area contributed by atoms with Crippen molar-refractivity contribution in [2.75, 3.05) is 13.2 Å². The molecule has 0 bridgehead atoms. The Balaban J connectivity index is 1.42. The van der Waals surface area contributed by atoms with Gasteiger partial charge >= 0.3 is 13.1 Å². The van der Waals surface area contributed by atoms with Crippen molar-refractivity contribution in [3.8, 4) is 11.5 Å². The quantitative estimate of drug-likeness (QED) is 0.124. The predicted molar refractivity (Wildman–Crippen MR) is 131 cm³/mol. The highest BCUT2D eigenvalue weighted by atomic mass is 19.2. The van der Waals surface area contributed by atoms with Gasteiger partial charge in [-0.15, -0.1) is 0 Å². The number of benzene rings is 2. The van der Waals surface area contributed by atoms with Gasteiger partial charge in [0.2, 0.25) is 23.3 Å². The minimum atomic E-state index is -1.88. The maximum atomic E-state index is 13.7. The lowest BCUT2D eigenvalue weighted by atomic mass is 9.78. The molecule has 4 rings (SSSR count). The minimum absolute atomic E-state index is 0.0287. The Morgan fingerprint density at radius 1 is 1.12 bits per heavy atom. The Labute approximate surface area is 224 Å². The molecule has 2 atom stereocenters. The van der Waals surface area contributed by atoms with Gasteiger partial charge in [-0.05, 0) is 38.0 Å². The van der Waals surface area contributed by atoms with E-state index < -0.39 is 72.5 Å². The molecule has 3 N–H and O–H groups in total. The average molecular weight is 563 g/mol. The summed E-state index contributed by atoms with van der Waals surface area (Å²) < 4.78 is 63.7. The number of fused-ring (bicyclic) bond motifs is 1. The van der Waals surface area contributed by atoms with Crippen LogP contribution < -0.4 is 14.8 Å². The van der Waals surface area contributed by atoms with Crippen molar-refractivity contribution in [1.29, 1.82) is 0 Å². The van der Waals surface area contributed by atoms with Crippen LogP contribution in [0.4, 0.5) is 17.6 Å². The molecule has 0 aliphatic carbocycles. The number of amides is 2. The van der Waals surface area contributed by atoms with Crippen LogP contribution in [-0.4, -0.2) is 70.0 Å². The number of rotatable bonds is 8. The number of nitrogens with one attached hydrogen (secondary N) is 1. The summed E-state index contributed by atoms with van der Waals surface area (Å²) in [6, 6.07) is 4.59. The Morgan fingerprint density at radius 3 is 2.50 bits per heavy atom. The molecule has 1 aliphatic rings. The first kappa shape index (κ1) is 28.8. The molecule has 15 heteroatoms. The maximum absolute atomic E-state index is 13.7. The van der Waals surface area contributed by atoms with Crippen LogP contribution in [0.1, 0.15) is 30.1 Å². The molecule has 1 saturated heterocycles. The molecule has 1 fully saturated rings. The molecular formula is C25H22BF4N3O7. The SMILES string of the molecule is C[C@@H](NC(=O)c1ccnc2cc(OCC(=O)Oc3c(F)c(F)cc(F)c3F)ccc12)C(=O)N1CCC[C@H]1B(O)O. The molecule has 210 valence electrons. The summed E-state index contributed by atoms with van der Waals surface area (Å²) in [5, 5.41) is 22.0. The molecule has 0 unspecified atom stereocenters. The minimum Gasteiger partial charge on any atom is -0.482 e. The normalized spacial score (nSPS) is 15.6. The van der Waals surface area contributed by atoms with Gasteiger partial charge < -0.3 is 29.7 Å². The van der Waals surface area contributed by atoms with Crippen molar-refractivity contribution >= 4 is 35.8 Å². The number of hydrogen-bond acceptors (Lipinski definition) is 8. The van der Waals surface area contributed by atoms with Gasteiger partial charge in [-0.25, -0.2) is 13.6 Å². The van der Waals surface area contributed by atoms with Crippen molar-refractivity contribution in [1.82, 2.24) is 15.2 Å². The Bertz CT molecular complexity index is 1450. The van der Waals surface area contributed by atoms with Crippen molar-refractivity contribution in [2.24, 2.45) is 0 Å². The molecule has 0 radical (unpaired) electrons. The van der Waals surface area contributed by atoms with Gasteiger partial charge in [0.15, 0.2) is 18.2 Å².